The van der Waals surface area contributed by atoms with Gasteiger partial charge in [0.05, 0.1) is 25.5 Å². The van der Waals surface area contributed by atoms with Gasteiger partial charge in [-0.05, 0) is 28.7 Å². The Bertz CT molecular complexity index is 1450. The minimum absolute atomic E-state index is 0.105. The SMILES string of the molecule is COC(=O)C1C(c2ccccc2)C(C(=O)NCCc2ccccc2)N(C(=O)Cc2ccccc2)C1c1ccccc1. The summed E-state index contributed by atoms with van der Waals surface area (Å²) in [5.74, 6) is -2.35. The zero-order valence-electron chi connectivity index (χ0n) is 23.1. The van der Waals surface area contributed by atoms with Crippen molar-refractivity contribution < 1.29 is 19.1 Å². The van der Waals surface area contributed by atoms with E-state index in [4.69, 9.17) is 4.74 Å². The maximum Gasteiger partial charge on any atom is 0.311 e. The van der Waals surface area contributed by atoms with Crippen LogP contribution in [0.4, 0.5) is 0 Å². The number of carbonyl (C=O) groups excluding carboxylic acids is 3. The monoisotopic (exact) mass is 546 g/mol. The highest BCUT2D eigenvalue weighted by Crippen LogP contribution is 2.50. The van der Waals surface area contributed by atoms with Gasteiger partial charge in [-0.25, -0.2) is 0 Å². The first-order valence-electron chi connectivity index (χ1n) is 13.9. The molecule has 0 aromatic heterocycles. The van der Waals surface area contributed by atoms with Crippen LogP contribution in [-0.2, 0) is 32.0 Å². The van der Waals surface area contributed by atoms with E-state index < -0.39 is 29.9 Å². The summed E-state index contributed by atoms with van der Waals surface area (Å²) >= 11 is 0. The zero-order chi connectivity index (χ0) is 28.6. The number of rotatable bonds is 9. The standard InChI is InChI=1S/C35H34N2O4/c1-41-35(40)31-30(27-18-10-4-11-19-27)33(34(39)36-23-22-25-14-6-2-7-15-25)37(32(31)28-20-12-5-13-21-28)29(38)24-26-16-8-3-9-17-26/h2-21,30-33H,22-24H2,1H3,(H,36,39). The van der Waals surface area contributed by atoms with Gasteiger partial charge < -0.3 is 15.0 Å². The number of hydrogen-bond acceptors (Lipinski definition) is 4. The van der Waals surface area contributed by atoms with Crippen molar-refractivity contribution >= 4 is 17.8 Å². The number of esters is 1. The van der Waals surface area contributed by atoms with Gasteiger partial charge in [-0.2, -0.15) is 0 Å². The van der Waals surface area contributed by atoms with Crippen LogP contribution in [0.2, 0.25) is 0 Å². The molecule has 1 heterocycles. The van der Waals surface area contributed by atoms with E-state index in [2.05, 4.69) is 5.32 Å². The van der Waals surface area contributed by atoms with Crippen LogP contribution in [0.5, 0.6) is 0 Å². The molecule has 0 aliphatic carbocycles. The summed E-state index contributed by atoms with van der Waals surface area (Å²) in [5, 5.41) is 3.09. The van der Waals surface area contributed by atoms with Crippen molar-refractivity contribution in [2.75, 3.05) is 13.7 Å². The molecule has 4 aromatic carbocycles. The van der Waals surface area contributed by atoms with E-state index in [1.807, 2.05) is 121 Å². The lowest BCUT2D eigenvalue weighted by Gasteiger charge is -2.31. The van der Waals surface area contributed by atoms with Gasteiger partial charge in [0.15, 0.2) is 0 Å². The summed E-state index contributed by atoms with van der Waals surface area (Å²) < 4.78 is 5.34. The van der Waals surface area contributed by atoms with Crippen molar-refractivity contribution in [1.82, 2.24) is 10.2 Å². The van der Waals surface area contributed by atoms with Gasteiger partial charge in [0, 0.05) is 12.5 Å². The third kappa shape index (κ3) is 6.22. The van der Waals surface area contributed by atoms with E-state index in [-0.39, 0.29) is 18.2 Å². The lowest BCUT2D eigenvalue weighted by molar-refractivity contribution is -0.147. The molecule has 2 amide bonds. The van der Waals surface area contributed by atoms with Crippen molar-refractivity contribution in [2.45, 2.75) is 30.8 Å². The van der Waals surface area contributed by atoms with Crippen molar-refractivity contribution in [1.29, 1.82) is 0 Å². The lowest BCUT2D eigenvalue weighted by Crippen LogP contribution is -2.49. The third-order valence-corrected chi connectivity index (χ3v) is 7.78. The van der Waals surface area contributed by atoms with Crippen LogP contribution in [-0.4, -0.2) is 42.4 Å². The highest BCUT2D eigenvalue weighted by molar-refractivity contribution is 5.93. The first-order chi connectivity index (χ1) is 20.1. The topological polar surface area (TPSA) is 75.7 Å². The van der Waals surface area contributed by atoms with Crippen molar-refractivity contribution in [3.05, 3.63) is 144 Å². The normalized spacial score (nSPS) is 19.9. The molecule has 0 radical (unpaired) electrons. The molecule has 1 aliphatic heterocycles. The molecule has 1 fully saturated rings. The summed E-state index contributed by atoms with van der Waals surface area (Å²) in [6.07, 6.45) is 0.753. The number of carbonyl (C=O) groups is 3. The van der Waals surface area contributed by atoms with Gasteiger partial charge in [0.2, 0.25) is 11.8 Å². The Morgan fingerprint density at radius 2 is 1.22 bits per heavy atom. The molecule has 208 valence electrons. The molecule has 6 nitrogen and oxygen atoms in total. The number of nitrogens with zero attached hydrogens (tertiary/aromatic N) is 1. The van der Waals surface area contributed by atoms with Crippen molar-refractivity contribution in [3.63, 3.8) is 0 Å². The Hall–Kier alpha value is -4.71. The fraction of sp³-hybridized carbons (Fsp3) is 0.229. The predicted octanol–water partition coefficient (Wildman–Crippen LogP) is 5.11. The molecule has 41 heavy (non-hydrogen) atoms. The number of methoxy groups -OCH3 is 1. The summed E-state index contributed by atoms with van der Waals surface area (Å²) in [6.45, 7) is 0.403. The van der Waals surface area contributed by atoms with E-state index >= 15 is 0 Å². The van der Waals surface area contributed by atoms with Crippen LogP contribution >= 0.6 is 0 Å². The Morgan fingerprint density at radius 1 is 0.707 bits per heavy atom. The largest absolute Gasteiger partial charge is 0.469 e. The minimum Gasteiger partial charge on any atom is -0.469 e. The Kier molecular flexibility index (Phi) is 8.89. The molecular formula is C35H34N2O4. The molecule has 5 rings (SSSR count). The van der Waals surface area contributed by atoms with Crippen LogP contribution in [0.15, 0.2) is 121 Å². The van der Waals surface area contributed by atoms with Gasteiger partial charge in [-0.3, -0.25) is 14.4 Å². The average Bonchev–Trinajstić information content (AvgIpc) is 3.39. The molecule has 1 saturated heterocycles. The fourth-order valence-corrected chi connectivity index (χ4v) is 5.95. The fourth-order valence-electron chi connectivity index (χ4n) is 5.95. The Balaban J connectivity index is 1.59. The molecule has 1 aliphatic rings. The maximum atomic E-state index is 14.2. The number of hydrogen-bond donors (Lipinski definition) is 1. The maximum absolute atomic E-state index is 14.2. The number of amides is 2. The van der Waals surface area contributed by atoms with E-state index in [1.165, 1.54) is 7.11 Å². The van der Waals surface area contributed by atoms with Gasteiger partial charge >= 0.3 is 5.97 Å². The molecule has 0 spiro atoms. The van der Waals surface area contributed by atoms with Crippen molar-refractivity contribution in [2.24, 2.45) is 5.92 Å². The molecule has 4 unspecified atom stereocenters. The summed E-state index contributed by atoms with van der Waals surface area (Å²) in [7, 11) is 1.36. The van der Waals surface area contributed by atoms with E-state index in [1.54, 1.807) is 4.90 Å². The molecular weight excluding hydrogens is 512 g/mol. The Labute approximate surface area is 241 Å². The number of benzene rings is 4. The summed E-state index contributed by atoms with van der Waals surface area (Å²) in [5.41, 5.74) is 3.53. The van der Waals surface area contributed by atoms with Gasteiger partial charge in [-0.1, -0.05) is 121 Å². The second kappa shape index (κ2) is 13.1. The lowest BCUT2D eigenvalue weighted by atomic mass is 9.80. The summed E-state index contributed by atoms with van der Waals surface area (Å²) in [4.78, 5) is 43.6. The molecule has 0 saturated carbocycles. The predicted molar refractivity (Wildman–Crippen MR) is 158 cm³/mol. The van der Waals surface area contributed by atoms with E-state index in [0.717, 1.165) is 22.3 Å². The smallest absolute Gasteiger partial charge is 0.311 e. The second-order valence-electron chi connectivity index (χ2n) is 10.3. The molecule has 0 bridgehead atoms. The zero-order valence-corrected chi connectivity index (χ0v) is 23.1. The van der Waals surface area contributed by atoms with Gasteiger partial charge in [0.25, 0.3) is 0 Å². The number of nitrogens with one attached hydrogen (secondary N) is 1. The van der Waals surface area contributed by atoms with Crippen LogP contribution in [0, 0.1) is 5.92 Å². The average molecular weight is 547 g/mol. The highest BCUT2D eigenvalue weighted by Gasteiger charge is 2.57. The first-order valence-corrected chi connectivity index (χ1v) is 13.9. The van der Waals surface area contributed by atoms with E-state index in [0.29, 0.717) is 13.0 Å². The first kappa shape index (κ1) is 27.8. The molecule has 4 aromatic rings. The molecule has 1 N–H and O–H groups in total. The minimum atomic E-state index is -0.918. The Morgan fingerprint density at radius 3 is 1.78 bits per heavy atom. The highest BCUT2D eigenvalue weighted by atomic mass is 16.5. The van der Waals surface area contributed by atoms with Gasteiger partial charge in [0.1, 0.15) is 6.04 Å². The van der Waals surface area contributed by atoms with Gasteiger partial charge in [-0.15, -0.1) is 0 Å². The van der Waals surface area contributed by atoms with E-state index in [9.17, 15) is 14.4 Å². The van der Waals surface area contributed by atoms with Crippen LogP contribution < -0.4 is 5.32 Å². The van der Waals surface area contributed by atoms with Crippen molar-refractivity contribution in [3.8, 4) is 0 Å². The molecule has 4 atom stereocenters. The van der Waals surface area contributed by atoms with Crippen LogP contribution in [0.25, 0.3) is 0 Å². The van der Waals surface area contributed by atoms with Crippen LogP contribution in [0.3, 0.4) is 0 Å². The van der Waals surface area contributed by atoms with Crippen LogP contribution in [0.1, 0.15) is 34.2 Å². The number of likely N-dealkylation sites (tertiary alicyclic amines) is 1. The third-order valence-electron chi connectivity index (χ3n) is 7.78. The number of ether oxygens (including phenoxy) is 1. The quantitative estimate of drug-likeness (QED) is 0.296. The second-order valence-corrected chi connectivity index (χ2v) is 10.3. The summed E-state index contributed by atoms with van der Waals surface area (Å²) in [6, 6.07) is 36.8. The molecule has 6 heteroatoms.